The van der Waals surface area contributed by atoms with E-state index in [4.69, 9.17) is 5.73 Å². The third kappa shape index (κ3) is 4.06. The lowest BCUT2D eigenvalue weighted by Crippen LogP contribution is -2.43. The molecule has 1 saturated heterocycles. The van der Waals surface area contributed by atoms with Crippen molar-refractivity contribution in [3.8, 4) is 0 Å². The first kappa shape index (κ1) is 14.0. The molecule has 3 nitrogen and oxygen atoms in total. The van der Waals surface area contributed by atoms with Gasteiger partial charge in [-0.15, -0.1) is 0 Å². The standard InChI is InChI=1S/C12H25NO2S/c1-2-3-4-5-8-11(13)12-9-6-7-10-16(12,14)15/h11-12H,2-10,13H2,1H3. The first-order chi connectivity index (χ1) is 7.58. The largest absolute Gasteiger partial charge is 0.327 e. The molecule has 1 rings (SSSR count). The van der Waals surface area contributed by atoms with Gasteiger partial charge < -0.3 is 5.73 Å². The first-order valence-electron chi connectivity index (χ1n) is 6.55. The summed E-state index contributed by atoms with van der Waals surface area (Å²) in [7, 11) is -2.89. The second kappa shape index (κ2) is 6.60. The zero-order valence-corrected chi connectivity index (χ0v) is 11.1. The molecule has 0 radical (unpaired) electrons. The molecule has 1 heterocycles. The minimum atomic E-state index is -2.89. The van der Waals surface area contributed by atoms with E-state index in [2.05, 4.69) is 6.92 Å². The van der Waals surface area contributed by atoms with Gasteiger partial charge in [-0.25, -0.2) is 8.42 Å². The lowest BCUT2D eigenvalue weighted by Gasteiger charge is -2.27. The molecule has 1 fully saturated rings. The molecule has 4 heteroatoms. The Hall–Kier alpha value is -0.0900. The van der Waals surface area contributed by atoms with Crippen LogP contribution in [0.1, 0.15) is 58.3 Å². The van der Waals surface area contributed by atoms with Crippen LogP contribution in [0, 0.1) is 0 Å². The van der Waals surface area contributed by atoms with Gasteiger partial charge in [0.2, 0.25) is 0 Å². The van der Waals surface area contributed by atoms with Crippen LogP contribution in [-0.4, -0.2) is 25.5 Å². The van der Waals surface area contributed by atoms with Crippen LogP contribution in [0.25, 0.3) is 0 Å². The molecule has 0 spiro atoms. The van der Waals surface area contributed by atoms with Crippen molar-refractivity contribution < 1.29 is 8.42 Å². The molecule has 1 aliphatic rings. The lowest BCUT2D eigenvalue weighted by molar-refractivity contribution is 0.465. The third-order valence-corrected chi connectivity index (χ3v) is 5.86. The van der Waals surface area contributed by atoms with Crippen LogP contribution in [0.5, 0.6) is 0 Å². The van der Waals surface area contributed by atoms with Crippen LogP contribution in [0.15, 0.2) is 0 Å². The van der Waals surface area contributed by atoms with Crippen LogP contribution >= 0.6 is 0 Å². The van der Waals surface area contributed by atoms with Gasteiger partial charge in [0, 0.05) is 6.04 Å². The Morgan fingerprint density at radius 2 is 2.00 bits per heavy atom. The molecule has 96 valence electrons. The molecule has 0 aromatic rings. The molecule has 0 amide bonds. The maximum Gasteiger partial charge on any atom is 0.154 e. The molecule has 1 aliphatic heterocycles. The lowest BCUT2D eigenvalue weighted by atomic mass is 10.0. The summed E-state index contributed by atoms with van der Waals surface area (Å²) < 4.78 is 23.7. The molecule has 0 saturated carbocycles. The van der Waals surface area contributed by atoms with E-state index in [1.807, 2.05) is 0 Å². The van der Waals surface area contributed by atoms with Gasteiger partial charge in [0.05, 0.1) is 11.0 Å². The maximum absolute atomic E-state index is 11.8. The average molecular weight is 247 g/mol. The number of nitrogens with two attached hydrogens (primary N) is 1. The molecule has 2 N–H and O–H groups in total. The van der Waals surface area contributed by atoms with Crippen molar-refractivity contribution in [2.75, 3.05) is 5.75 Å². The molecular formula is C12H25NO2S. The van der Waals surface area contributed by atoms with Crippen molar-refractivity contribution in [1.29, 1.82) is 0 Å². The van der Waals surface area contributed by atoms with Crippen LogP contribution in [0.3, 0.4) is 0 Å². The fraction of sp³-hybridized carbons (Fsp3) is 1.00. The number of hydrogen-bond acceptors (Lipinski definition) is 3. The van der Waals surface area contributed by atoms with Gasteiger partial charge in [-0.2, -0.15) is 0 Å². The van der Waals surface area contributed by atoms with Gasteiger partial charge in [-0.05, 0) is 19.3 Å². The van der Waals surface area contributed by atoms with Gasteiger partial charge in [0.15, 0.2) is 9.84 Å². The van der Waals surface area contributed by atoms with Crippen molar-refractivity contribution in [3.05, 3.63) is 0 Å². The summed E-state index contributed by atoms with van der Waals surface area (Å²) in [4.78, 5) is 0. The van der Waals surface area contributed by atoms with Crippen LogP contribution in [-0.2, 0) is 9.84 Å². The number of sulfone groups is 1. The Kier molecular flexibility index (Phi) is 5.76. The van der Waals surface area contributed by atoms with Crippen molar-refractivity contribution in [1.82, 2.24) is 0 Å². The van der Waals surface area contributed by atoms with Crippen LogP contribution < -0.4 is 5.73 Å². The quantitative estimate of drug-likeness (QED) is 0.732. The SMILES string of the molecule is CCCCCCC(N)C1CCCCS1(=O)=O. The Balaban J connectivity index is 2.37. The fourth-order valence-corrected chi connectivity index (χ4v) is 4.56. The predicted octanol–water partition coefficient (Wildman–Crippen LogP) is 2.25. The summed E-state index contributed by atoms with van der Waals surface area (Å²) in [5.41, 5.74) is 6.03. The summed E-state index contributed by atoms with van der Waals surface area (Å²) in [5, 5.41) is -0.261. The summed E-state index contributed by atoms with van der Waals surface area (Å²) >= 11 is 0. The van der Waals surface area contributed by atoms with Gasteiger partial charge in [0.1, 0.15) is 0 Å². The Morgan fingerprint density at radius 1 is 1.25 bits per heavy atom. The van der Waals surface area contributed by atoms with E-state index in [0.717, 1.165) is 32.1 Å². The zero-order valence-electron chi connectivity index (χ0n) is 10.3. The fourth-order valence-electron chi connectivity index (χ4n) is 2.45. The van der Waals surface area contributed by atoms with E-state index < -0.39 is 9.84 Å². The summed E-state index contributed by atoms with van der Waals surface area (Å²) in [6, 6.07) is -0.137. The molecule has 0 aliphatic carbocycles. The van der Waals surface area contributed by atoms with Gasteiger partial charge in [-0.1, -0.05) is 39.0 Å². The molecule has 0 bridgehead atoms. The van der Waals surface area contributed by atoms with Crippen LogP contribution in [0.4, 0.5) is 0 Å². The highest BCUT2D eigenvalue weighted by atomic mass is 32.2. The Morgan fingerprint density at radius 3 is 2.62 bits per heavy atom. The first-order valence-corrected chi connectivity index (χ1v) is 8.26. The minimum absolute atomic E-state index is 0.137. The van der Waals surface area contributed by atoms with E-state index in [0.29, 0.717) is 5.75 Å². The Labute approximate surface area is 99.7 Å². The zero-order chi connectivity index (χ0) is 12.0. The molecular weight excluding hydrogens is 222 g/mol. The molecule has 2 atom stereocenters. The third-order valence-electron chi connectivity index (χ3n) is 3.50. The summed E-state index contributed by atoms with van der Waals surface area (Å²) in [5.74, 6) is 0.348. The van der Waals surface area contributed by atoms with Gasteiger partial charge in [0.25, 0.3) is 0 Å². The highest BCUT2D eigenvalue weighted by molar-refractivity contribution is 7.92. The van der Waals surface area contributed by atoms with Crippen molar-refractivity contribution >= 4 is 9.84 Å². The van der Waals surface area contributed by atoms with Crippen molar-refractivity contribution in [2.45, 2.75) is 69.6 Å². The maximum atomic E-state index is 11.8. The van der Waals surface area contributed by atoms with Gasteiger partial charge >= 0.3 is 0 Å². The van der Waals surface area contributed by atoms with E-state index >= 15 is 0 Å². The number of hydrogen-bond donors (Lipinski definition) is 1. The second-order valence-electron chi connectivity index (χ2n) is 4.91. The predicted molar refractivity (Wildman–Crippen MR) is 68.2 cm³/mol. The van der Waals surface area contributed by atoms with Crippen molar-refractivity contribution in [3.63, 3.8) is 0 Å². The van der Waals surface area contributed by atoms with E-state index in [1.54, 1.807) is 0 Å². The molecule has 0 aromatic carbocycles. The molecule has 2 unspecified atom stereocenters. The highest BCUT2D eigenvalue weighted by Gasteiger charge is 2.33. The Bertz CT molecular complexity index is 287. The molecule has 0 aromatic heterocycles. The monoisotopic (exact) mass is 247 g/mol. The van der Waals surface area contributed by atoms with Gasteiger partial charge in [-0.3, -0.25) is 0 Å². The smallest absolute Gasteiger partial charge is 0.154 e. The molecule has 16 heavy (non-hydrogen) atoms. The van der Waals surface area contributed by atoms with E-state index in [1.165, 1.54) is 19.3 Å². The van der Waals surface area contributed by atoms with Crippen molar-refractivity contribution in [2.24, 2.45) is 5.73 Å². The minimum Gasteiger partial charge on any atom is -0.327 e. The average Bonchev–Trinajstić information content (AvgIpc) is 2.23. The normalized spacial score (nSPS) is 26.5. The topological polar surface area (TPSA) is 60.2 Å². The number of unbranched alkanes of at least 4 members (excludes halogenated alkanes) is 3. The summed E-state index contributed by atoms with van der Waals surface area (Å²) in [6.07, 6.45) is 8.16. The summed E-state index contributed by atoms with van der Waals surface area (Å²) in [6.45, 7) is 2.17. The second-order valence-corrected chi connectivity index (χ2v) is 7.25. The highest BCUT2D eigenvalue weighted by Crippen LogP contribution is 2.23. The van der Waals surface area contributed by atoms with Crippen LogP contribution in [0.2, 0.25) is 0 Å². The number of rotatable bonds is 6. The van der Waals surface area contributed by atoms with E-state index in [-0.39, 0.29) is 11.3 Å². The van der Waals surface area contributed by atoms with E-state index in [9.17, 15) is 8.42 Å².